The molecule has 0 unspecified atom stereocenters. The van der Waals surface area contributed by atoms with Gasteiger partial charge in [0.2, 0.25) is 5.88 Å². The molecular formula is C15H10FN5OS. The van der Waals surface area contributed by atoms with Crippen molar-refractivity contribution < 1.29 is 9.50 Å². The number of rotatable bonds is 2. The van der Waals surface area contributed by atoms with Crippen molar-refractivity contribution in [3.63, 3.8) is 0 Å². The number of fused-ring (bicyclic) bond motifs is 1. The van der Waals surface area contributed by atoms with Gasteiger partial charge in [-0.25, -0.2) is 14.4 Å². The van der Waals surface area contributed by atoms with Gasteiger partial charge in [0.25, 0.3) is 0 Å². The molecule has 0 radical (unpaired) electrons. The van der Waals surface area contributed by atoms with E-state index >= 15 is 0 Å². The molecule has 23 heavy (non-hydrogen) atoms. The molecule has 0 spiro atoms. The summed E-state index contributed by atoms with van der Waals surface area (Å²) in [4.78, 5) is 16.8. The zero-order valence-electron chi connectivity index (χ0n) is 11.9. The van der Waals surface area contributed by atoms with Crippen LogP contribution in [-0.2, 0) is 7.05 Å². The maximum absolute atomic E-state index is 14.0. The molecule has 0 atom stereocenters. The van der Waals surface area contributed by atoms with Crippen LogP contribution in [0.3, 0.4) is 0 Å². The Morgan fingerprint density at radius 2 is 2.09 bits per heavy atom. The van der Waals surface area contributed by atoms with Gasteiger partial charge in [-0.15, -0.1) is 11.3 Å². The SMILES string of the molecule is Cn1ccnc1-c1nc(O)c2scc(-c3ncccc3F)c2n1. The van der Waals surface area contributed by atoms with E-state index in [4.69, 9.17) is 0 Å². The Bertz CT molecular complexity index is 1030. The molecular weight excluding hydrogens is 317 g/mol. The molecule has 8 heteroatoms. The van der Waals surface area contributed by atoms with E-state index in [2.05, 4.69) is 19.9 Å². The lowest BCUT2D eigenvalue weighted by Gasteiger charge is -2.04. The zero-order valence-corrected chi connectivity index (χ0v) is 12.8. The van der Waals surface area contributed by atoms with Crippen molar-refractivity contribution in [1.29, 1.82) is 0 Å². The van der Waals surface area contributed by atoms with Crippen molar-refractivity contribution in [2.45, 2.75) is 0 Å². The number of hydrogen-bond donors (Lipinski definition) is 1. The topological polar surface area (TPSA) is 76.7 Å². The molecule has 4 aromatic rings. The average Bonchev–Trinajstić information content (AvgIpc) is 3.14. The van der Waals surface area contributed by atoms with Gasteiger partial charge in [-0.3, -0.25) is 4.98 Å². The third-order valence-electron chi connectivity index (χ3n) is 3.43. The molecule has 0 bridgehead atoms. The zero-order chi connectivity index (χ0) is 16.0. The summed E-state index contributed by atoms with van der Waals surface area (Å²) < 4.78 is 16.3. The molecule has 0 saturated heterocycles. The molecule has 0 aliphatic carbocycles. The molecule has 4 heterocycles. The Morgan fingerprint density at radius 1 is 1.22 bits per heavy atom. The maximum Gasteiger partial charge on any atom is 0.233 e. The molecule has 0 aliphatic heterocycles. The monoisotopic (exact) mass is 327 g/mol. The van der Waals surface area contributed by atoms with Crippen molar-refractivity contribution in [3.8, 4) is 28.8 Å². The van der Waals surface area contributed by atoms with Crippen LogP contribution in [0.5, 0.6) is 5.88 Å². The predicted molar refractivity (Wildman–Crippen MR) is 84.5 cm³/mol. The van der Waals surface area contributed by atoms with Gasteiger partial charge in [-0.05, 0) is 12.1 Å². The molecule has 4 aromatic heterocycles. The largest absolute Gasteiger partial charge is 0.492 e. The number of hydrogen-bond acceptors (Lipinski definition) is 6. The predicted octanol–water partition coefficient (Wildman–Crippen LogP) is 3.00. The van der Waals surface area contributed by atoms with Crippen molar-refractivity contribution in [3.05, 3.63) is 41.9 Å². The summed E-state index contributed by atoms with van der Waals surface area (Å²) in [6, 6.07) is 2.87. The fraction of sp³-hybridized carbons (Fsp3) is 0.0667. The molecule has 4 rings (SSSR count). The van der Waals surface area contributed by atoms with Crippen molar-refractivity contribution >= 4 is 21.6 Å². The van der Waals surface area contributed by atoms with Gasteiger partial charge < -0.3 is 9.67 Å². The van der Waals surface area contributed by atoms with E-state index in [-0.39, 0.29) is 17.4 Å². The van der Waals surface area contributed by atoms with E-state index in [1.165, 1.54) is 29.7 Å². The number of imidazole rings is 1. The Kier molecular flexibility index (Phi) is 3.05. The van der Waals surface area contributed by atoms with Gasteiger partial charge in [0.05, 0.1) is 5.52 Å². The first-order valence-electron chi connectivity index (χ1n) is 6.72. The summed E-state index contributed by atoms with van der Waals surface area (Å²) >= 11 is 1.25. The summed E-state index contributed by atoms with van der Waals surface area (Å²) in [6.45, 7) is 0. The third-order valence-corrected chi connectivity index (χ3v) is 4.40. The highest BCUT2D eigenvalue weighted by molar-refractivity contribution is 7.18. The van der Waals surface area contributed by atoms with E-state index in [1.807, 2.05) is 0 Å². The lowest BCUT2D eigenvalue weighted by atomic mass is 10.2. The van der Waals surface area contributed by atoms with Crippen LogP contribution in [0.4, 0.5) is 4.39 Å². The Hall–Kier alpha value is -2.87. The second-order valence-electron chi connectivity index (χ2n) is 4.89. The highest BCUT2D eigenvalue weighted by Gasteiger charge is 2.19. The number of pyridine rings is 1. The van der Waals surface area contributed by atoms with Crippen LogP contribution in [0.15, 0.2) is 36.1 Å². The van der Waals surface area contributed by atoms with E-state index in [0.29, 0.717) is 21.6 Å². The summed E-state index contributed by atoms with van der Waals surface area (Å²) in [7, 11) is 1.81. The standard InChI is InChI=1S/C15H10FN5OS/c1-21-6-5-18-14(21)13-19-11-8(7-23-12(11)15(22)20-13)10-9(16)3-2-4-17-10/h2-7H,1H3,(H,19,20,22). The van der Waals surface area contributed by atoms with Crippen LogP contribution in [0.1, 0.15) is 0 Å². The van der Waals surface area contributed by atoms with Gasteiger partial charge in [0, 0.05) is 36.6 Å². The molecule has 1 N–H and O–H groups in total. The van der Waals surface area contributed by atoms with Crippen molar-refractivity contribution in [2.75, 3.05) is 0 Å². The van der Waals surface area contributed by atoms with Crippen LogP contribution in [-0.4, -0.2) is 29.6 Å². The fourth-order valence-corrected chi connectivity index (χ4v) is 3.21. The number of aromatic hydroxyl groups is 1. The number of aromatic nitrogens is 5. The minimum absolute atomic E-state index is 0.152. The fourth-order valence-electron chi connectivity index (χ4n) is 2.34. The van der Waals surface area contributed by atoms with Crippen LogP contribution in [0.2, 0.25) is 0 Å². The van der Waals surface area contributed by atoms with E-state index < -0.39 is 5.82 Å². The molecule has 0 aliphatic rings. The van der Waals surface area contributed by atoms with E-state index in [9.17, 15) is 9.50 Å². The highest BCUT2D eigenvalue weighted by Crippen LogP contribution is 2.37. The molecule has 0 saturated carbocycles. The van der Waals surface area contributed by atoms with Crippen LogP contribution in [0.25, 0.3) is 33.1 Å². The van der Waals surface area contributed by atoms with E-state index in [0.717, 1.165) is 0 Å². The van der Waals surface area contributed by atoms with Crippen LogP contribution < -0.4 is 0 Å². The number of thiophene rings is 1. The van der Waals surface area contributed by atoms with Crippen molar-refractivity contribution in [2.24, 2.45) is 7.05 Å². The molecule has 0 fully saturated rings. The molecule has 6 nitrogen and oxygen atoms in total. The Morgan fingerprint density at radius 3 is 2.83 bits per heavy atom. The minimum Gasteiger partial charge on any atom is -0.492 e. The summed E-state index contributed by atoms with van der Waals surface area (Å²) in [5.41, 5.74) is 1.18. The van der Waals surface area contributed by atoms with Crippen molar-refractivity contribution in [1.82, 2.24) is 24.5 Å². The summed E-state index contributed by atoms with van der Waals surface area (Å²) in [5.74, 6) is 0.198. The van der Waals surface area contributed by atoms with Crippen LogP contribution in [0, 0.1) is 5.82 Å². The first-order chi connectivity index (χ1) is 11.1. The minimum atomic E-state index is -0.441. The van der Waals surface area contributed by atoms with E-state index in [1.54, 1.807) is 29.4 Å². The Balaban J connectivity index is 2.00. The average molecular weight is 327 g/mol. The highest BCUT2D eigenvalue weighted by atomic mass is 32.1. The van der Waals surface area contributed by atoms with Gasteiger partial charge in [0.15, 0.2) is 11.6 Å². The smallest absolute Gasteiger partial charge is 0.233 e. The molecule has 0 aromatic carbocycles. The van der Waals surface area contributed by atoms with Gasteiger partial charge in [-0.1, -0.05) is 0 Å². The lowest BCUT2D eigenvalue weighted by Crippen LogP contribution is -1.97. The van der Waals surface area contributed by atoms with Crippen LogP contribution >= 0.6 is 11.3 Å². The maximum atomic E-state index is 14.0. The van der Waals surface area contributed by atoms with Gasteiger partial charge in [-0.2, -0.15) is 4.98 Å². The Labute approximate surface area is 133 Å². The third kappa shape index (κ3) is 2.15. The molecule has 114 valence electrons. The van der Waals surface area contributed by atoms with Gasteiger partial charge >= 0.3 is 0 Å². The lowest BCUT2D eigenvalue weighted by molar-refractivity contribution is 0.461. The summed E-state index contributed by atoms with van der Waals surface area (Å²) in [5, 5.41) is 11.9. The normalized spacial score (nSPS) is 11.2. The second kappa shape index (κ2) is 5.10. The first kappa shape index (κ1) is 13.8. The summed E-state index contributed by atoms with van der Waals surface area (Å²) in [6.07, 6.45) is 4.89. The first-order valence-corrected chi connectivity index (χ1v) is 7.60. The second-order valence-corrected chi connectivity index (χ2v) is 5.77. The quantitative estimate of drug-likeness (QED) is 0.612. The van der Waals surface area contributed by atoms with Gasteiger partial charge in [0.1, 0.15) is 16.2 Å². The number of aryl methyl sites for hydroxylation is 1. The number of halogens is 1. The number of nitrogens with zero attached hydrogens (tertiary/aromatic N) is 5. The molecule has 0 amide bonds.